The Bertz CT molecular complexity index is 678. The number of aromatic amines is 1. The first-order valence-electron chi connectivity index (χ1n) is 7.39. The Hall–Kier alpha value is -2.10. The van der Waals surface area contributed by atoms with Crippen LogP contribution in [0.3, 0.4) is 0 Å². The van der Waals surface area contributed by atoms with Gasteiger partial charge in [-0.3, -0.25) is 4.79 Å². The first-order chi connectivity index (χ1) is 10.2. The van der Waals surface area contributed by atoms with E-state index in [1.807, 2.05) is 30.3 Å². The van der Waals surface area contributed by atoms with E-state index in [1.54, 1.807) is 6.07 Å². The van der Waals surface area contributed by atoms with Crippen LogP contribution in [0.2, 0.25) is 0 Å². The monoisotopic (exact) mass is 286 g/mol. The van der Waals surface area contributed by atoms with E-state index in [9.17, 15) is 9.18 Å². The Morgan fingerprint density at radius 2 is 2.00 bits per heavy atom. The molecule has 0 spiro atoms. The molecule has 1 atom stereocenters. The topological polar surface area (TPSA) is 36.1 Å². The fourth-order valence-corrected chi connectivity index (χ4v) is 2.85. The smallest absolute Gasteiger partial charge is 0.248 e. The van der Waals surface area contributed by atoms with Crippen molar-refractivity contribution in [1.82, 2.24) is 4.98 Å². The molecule has 1 aromatic heterocycles. The molecule has 2 heterocycles. The quantitative estimate of drug-likeness (QED) is 0.941. The number of alkyl halides is 1. The van der Waals surface area contributed by atoms with Crippen LogP contribution in [0, 0.1) is 0 Å². The molecule has 0 bridgehead atoms. The summed E-state index contributed by atoms with van der Waals surface area (Å²) in [5, 5.41) is 0. The average Bonchev–Trinajstić information content (AvgIpc) is 2.94. The number of aromatic nitrogens is 1. The van der Waals surface area contributed by atoms with Gasteiger partial charge in [-0.1, -0.05) is 25.1 Å². The van der Waals surface area contributed by atoms with Gasteiger partial charge in [0.2, 0.25) is 5.56 Å². The highest BCUT2D eigenvalue weighted by Crippen LogP contribution is 2.26. The second kappa shape index (κ2) is 5.72. The zero-order valence-electron chi connectivity index (χ0n) is 12.1. The molecule has 0 amide bonds. The lowest BCUT2D eigenvalue weighted by molar-refractivity contribution is 0.364. The second-order valence-corrected chi connectivity index (χ2v) is 5.46. The maximum atomic E-state index is 13.3. The summed E-state index contributed by atoms with van der Waals surface area (Å²) in [6.07, 6.45) is 0.749. The maximum Gasteiger partial charge on any atom is 0.248 e. The van der Waals surface area contributed by atoms with Crippen LogP contribution in [0.5, 0.6) is 0 Å². The number of benzene rings is 1. The van der Waals surface area contributed by atoms with Gasteiger partial charge < -0.3 is 9.88 Å². The molecule has 110 valence electrons. The van der Waals surface area contributed by atoms with E-state index in [-0.39, 0.29) is 5.56 Å². The fraction of sp³-hybridized carbons (Fsp3) is 0.353. The molecule has 4 heteroatoms. The van der Waals surface area contributed by atoms with E-state index in [2.05, 4.69) is 16.8 Å². The molecule has 1 aliphatic heterocycles. The van der Waals surface area contributed by atoms with Crippen LogP contribution in [0.25, 0.3) is 11.3 Å². The van der Waals surface area contributed by atoms with Crippen LogP contribution in [0.4, 0.5) is 10.1 Å². The third-order valence-corrected chi connectivity index (χ3v) is 4.04. The molecular weight excluding hydrogens is 267 g/mol. The first kappa shape index (κ1) is 13.9. The molecule has 0 unspecified atom stereocenters. The van der Waals surface area contributed by atoms with Crippen LogP contribution in [0.15, 0.2) is 41.2 Å². The number of halogens is 1. The molecule has 3 rings (SSSR count). The van der Waals surface area contributed by atoms with Gasteiger partial charge in [0.25, 0.3) is 0 Å². The van der Waals surface area contributed by atoms with Crippen molar-refractivity contribution in [2.75, 3.05) is 18.0 Å². The molecule has 21 heavy (non-hydrogen) atoms. The lowest BCUT2D eigenvalue weighted by atomic mass is 10.0. The number of aryl methyl sites for hydroxylation is 1. The SMILES string of the molecule is CCc1ccc(=O)[nH]c1-c1ccc(N2CC[C@H](F)C2)cc1. The summed E-state index contributed by atoms with van der Waals surface area (Å²) >= 11 is 0. The van der Waals surface area contributed by atoms with E-state index in [1.165, 1.54) is 0 Å². The number of anilines is 1. The highest BCUT2D eigenvalue weighted by atomic mass is 19.1. The van der Waals surface area contributed by atoms with Gasteiger partial charge in [0.1, 0.15) is 6.17 Å². The van der Waals surface area contributed by atoms with Gasteiger partial charge in [-0.25, -0.2) is 4.39 Å². The molecule has 1 saturated heterocycles. The van der Waals surface area contributed by atoms with Crippen molar-refractivity contribution in [3.8, 4) is 11.3 Å². The largest absolute Gasteiger partial charge is 0.369 e. The maximum absolute atomic E-state index is 13.3. The lowest BCUT2D eigenvalue weighted by Gasteiger charge is -2.18. The van der Waals surface area contributed by atoms with Crippen molar-refractivity contribution in [3.63, 3.8) is 0 Å². The third-order valence-electron chi connectivity index (χ3n) is 4.04. The van der Waals surface area contributed by atoms with Crippen LogP contribution in [-0.2, 0) is 6.42 Å². The zero-order chi connectivity index (χ0) is 14.8. The zero-order valence-corrected chi connectivity index (χ0v) is 12.1. The van der Waals surface area contributed by atoms with Gasteiger partial charge in [-0.15, -0.1) is 0 Å². The molecular formula is C17H19FN2O. The van der Waals surface area contributed by atoms with Gasteiger partial charge in [0.15, 0.2) is 0 Å². The van der Waals surface area contributed by atoms with Crippen molar-refractivity contribution in [3.05, 3.63) is 52.3 Å². The Kier molecular flexibility index (Phi) is 3.78. The third kappa shape index (κ3) is 2.84. The van der Waals surface area contributed by atoms with Crippen LogP contribution in [0.1, 0.15) is 18.9 Å². The molecule has 1 N–H and O–H groups in total. The minimum absolute atomic E-state index is 0.0916. The Balaban J connectivity index is 1.91. The normalized spacial score (nSPS) is 18.2. The minimum atomic E-state index is -0.721. The Labute approximate surface area is 123 Å². The van der Waals surface area contributed by atoms with Gasteiger partial charge in [0.05, 0.1) is 5.69 Å². The summed E-state index contributed by atoms with van der Waals surface area (Å²) in [5.41, 5.74) is 3.93. The van der Waals surface area contributed by atoms with E-state index in [0.717, 1.165) is 35.5 Å². The van der Waals surface area contributed by atoms with Crippen molar-refractivity contribution in [1.29, 1.82) is 0 Å². The standard InChI is InChI=1S/C17H19FN2O/c1-2-12-5-8-16(21)19-17(12)13-3-6-15(7-4-13)20-10-9-14(18)11-20/h3-8,14H,2,9-11H2,1H3,(H,19,21)/t14-/m0/s1. The van der Waals surface area contributed by atoms with E-state index in [4.69, 9.17) is 0 Å². The number of nitrogens with one attached hydrogen (secondary N) is 1. The highest BCUT2D eigenvalue weighted by Gasteiger charge is 2.21. The fourth-order valence-electron chi connectivity index (χ4n) is 2.85. The molecule has 1 aliphatic rings. The summed E-state index contributed by atoms with van der Waals surface area (Å²) < 4.78 is 13.3. The van der Waals surface area contributed by atoms with Gasteiger partial charge in [0, 0.05) is 24.8 Å². The van der Waals surface area contributed by atoms with Crippen LogP contribution < -0.4 is 10.5 Å². The number of hydrogen-bond donors (Lipinski definition) is 1. The molecule has 2 aromatic rings. The predicted octanol–water partition coefficient (Wildman–Crippen LogP) is 3.15. The second-order valence-electron chi connectivity index (χ2n) is 5.46. The average molecular weight is 286 g/mol. The summed E-state index contributed by atoms with van der Waals surface area (Å²) in [5.74, 6) is 0. The van der Waals surface area contributed by atoms with E-state index >= 15 is 0 Å². The van der Waals surface area contributed by atoms with Crippen molar-refractivity contribution in [2.24, 2.45) is 0 Å². The van der Waals surface area contributed by atoms with Crippen molar-refractivity contribution >= 4 is 5.69 Å². The number of rotatable bonds is 3. The number of hydrogen-bond acceptors (Lipinski definition) is 2. The Morgan fingerprint density at radius 3 is 2.62 bits per heavy atom. The number of nitrogens with zero attached hydrogens (tertiary/aromatic N) is 1. The molecule has 1 fully saturated rings. The summed E-state index contributed by atoms with van der Waals surface area (Å²) in [6.45, 7) is 3.31. The molecule has 1 aromatic carbocycles. The molecule has 0 radical (unpaired) electrons. The summed E-state index contributed by atoms with van der Waals surface area (Å²) in [4.78, 5) is 16.5. The Morgan fingerprint density at radius 1 is 1.24 bits per heavy atom. The first-order valence-corrected chi connectivity index (χ1v) is 7.39. The van der Waals surface area contributed by atoms with Crippen LogP contribution in [-0.4, -0.2) is 24.2 Å². The number of H-pyrrole nitrogens is 1. The van der Waals surface area contributed by atoms with Crippen molar-refractivity contribution in [2.45, 2.75) is 25.9 Å². The minimum Gasteiger partial charge on any atom is -0.369 e. The van der Waals surface area contributed by atoms with E-state index < -0.39 is 6.17 Å². The van der Waals surface area contributed by atoms with Gasteiger partial charge in [-0.05, 0) is 36.1 Å². The number of pyridine rings is 1. The molecule has 0 saturated carbocycles. The summed E-state index contributed by atoms with van der Waals surface area (Å²) in [7, 11) is 0. The van der Waals surface area contributed by atoms with Gasteiger partial charge >= 0.3 is 0 Å². The molecule has 0 aliphatic carbocycles. The summed E-state index contributed by atoms with van der Waals surface area (Å²) in [6, 6.07) is 11.4. The van der Waals surface area contributed by atoms with Crippen LogP contribution >= 0.6 is 0 Å². The van der Waals surface area contributed by atoms with E-state index in [0.29, 0.717) is 13.0 Å². The highest BCUT2D eigenvalue weighted by molar-refractivity contribution is 5.66. The molecule has 3 nitrogen and oxygen atoms in total. The van der Waals surface area contributed by atoms with Gasteiger partial charge in [-0.2, -0.15) is 0 Å². The van der Waals surface area contributed by atoms with Crippen molar-refractivity contribution < 1.29 is 4.39 Å². The predicted molar refractivity (Wildman–Crippen MR) is 83.6 cm³/mol. The lowest BCUT2D eigenvalue weighted by Crippen LogP contribution is -2.19.